The van der Waals surface area contributed by atoms with Gasteiger partial charge >= 0.3 is 0 Å². The first-order valence-corrected chi connectivity index (χ1v) is 15.7. The fourth-order valence-corrected chi connectivity index (χ4v) is 8.61. The monoisotopic (exact) mass is 576 g/mol. The molecule has 0 unspecified atom stereocenters. The summed E-state index contributed by atoms with van der Waals surface area (Å²) < 4.78 is 0. The van der Waals surface area contributed by atoms with Gasteiger partial charge < -0.3 is 9.97 Å². The summed E-state index contributed by atoms with van der Waals surface area (Å²) in [6.45, 7) is 17.3. The van der Waals surface area contributed by atoms with Gasteiger partial charge in [-0.15, -0.1) is 45.3 Å². The summed E-state index contributed by atoms with van der Waals surface area (Å²) in [7, 11) is 0. The van der Waals surface area contributed by atoms with Crippen molar-refractivity contribution < 1.29 is 0 Å². The second-order valence-corrected chi connectivity index (χ2v) is 15.4. The van der Waals surface area contributed by atoms with E-state index in [2.05, 4.69) is 99.6 Å². The Labute approximate surface area is 240 Å². The van der Waals surface area contributed by atoms with E-state index in [0.29, 0.717) is 0 Å². The molecular formula is C30H32N4S4. The number of aromatic nitrogens is 4. The van der Waals surface area contributed by atoms with Crippen LogP contribution in [0, 0.1) is 55.4 Å². The molecule has 38 heavy (non-hydrogen) atoms. The second-order valence-electron chi connectivity index (χ2n) is 9.56. The SMILES string of the molecule is Cc1cc(-c2nc[nH]c2-c2cc(C)sc2C)c(C)s1.Cc1cc(-c2nc[nH]c2-c2cc(C)sc2C)c(C)s1. The van der Waals surface area contributed by atoms with E-state index in [1.165, 1.54) is 61.3 Å². The van der Waals surface area contributed by atoms with E-state index in [1.54, 1.807) is 12.7 Å². The van der Waals surface area contributed by atoms with Crippen molar-refractivity contribution in [2.24, 2.45) is 0 Å². The first kappa shape index (κ1) is 26.8. The summed E-state index contributed by atoms with van der Waals surface area (Å²) in [5.74, 6) is 0. The van der Waals surface area contributed by atoms with Gasteiger partial charge in [0.2, 0.25) is 0 Å². The van der Waals surface area contributed by atoms with Crippen LogP contribution in [0.25, 0.3) is 45.0 Å². The van der Waals surface area contributed by atoms with E-state index >= 15 is 0 Å². The Bertz CT molecular complexity index is 1470. The minimum Gasteiger partial charge on any atom is -0.344 e. The molecule has 0 fully saturated rings. The molecule has 6 aromatic heterocycles. The summed E-state index contributed by atoms with van der Waals surface area (Å²) in [6.07, 6.45) is 3.59. The number of H-pyrrole nitrogens is 2. The van der Waals surface area contributed by atoms with Crippen LogP contribution in [0.4, 0.5) is 0 Å². The van der Waals surface area contributed by atoms with Gasteiger partial charge in [0.15, 0.2) is 0 Å². The molecule has 0 aliphatic carbocycles. The molecular weight excluding hydrogens is 545 g/mol. The molecule has 4 nitrogen and oxygen atoms in total. The highest BCUT2D eigenvalue weighted by Crippen LogP contribution is 2.39. The topological polar surface area (TPSA) is 57.4 Å². The molecule has 6 aromatic rings. The molecule has 0 amide bonds. The Balaban J connectivity index is 0.000000155. The lowest BCUT2D eigenvalue weighted by molar-refractivity contribution is 1.31. The van der Waals surface area contributed by atoms with Crippen molar-refractivity contribution in [3.63, 3.8) is 0 Å². The van der Waals surface area contributed by atoms with Crippen LogP contribution in [0.3, 0.4) is 0 Å². The molecule has 6 rings (SSSR count). The van der Waals surface area contributed by atoms with E-state index in [1.807, 2.05) is 45.3 Å². The number of hydrogen-bond acceptors (Lipinski definition) is 6. The van der Waals surface area contributed by atoms with E-state index in [-0.39, 0.29) is 0 Å². The lowest BCUT2D eigenvalue weighted by Crippen LogP contribution is -1.83. The molecule has 0 bridgehead atoms. The van der Waals surface area contributed by atoms with Gasteiger partial charge in [0.05, 0.1) is 35.4 Å². The highest BCUT2D eigenvalue weighted by Gasteiger charge is 2.18. The highest BCUT2D eigenvalue weighted by atomic mass is 32.1. The van der Waals surface area contributed by atoms with Crippen LogP contribution in [0.15, 0.2) is 36.9 Å². The van der Waals surface area contributed by atoms with Crippen LogP contribution in [-0.2, 0) is 0 Å². The third-order valence-corrected chi connectivity index (χ3v) is 10.4. The lowest BCUT2D eigenvalue weighted by Gasteiger charge is -2.02. The maximum absolute atomic E-state index is 4.54. The van der Waals surface area contributed by atoms with Gasteiger partial charge in [-0.3, -0.25) is 0 Å². The predicted octanol–water partition coefficient (Wildman–Crippen LogP) is 10.2. The Hall–Kier alpha value is -2.78. The van der Waals surface area contributed by atoms with Gasteiger partial charge in [0, 0.05) is 61.3 Å². The number of hydrogen-bond donors (Lipinski definition) is 2. The Morgan fingerprint density at radius 3 is 1.00 bits per heavy atom. The first-order valence-electron chi connectivity index (χ1n) is 12.5. The average Bonchev–Trinajstić information content (AvgIpc) is 3.66. The highest BCUT2D eigenvalue weighted by molar-refractivity contribution is 7.13. The molecule has 0 aromatic carbocycles. The fraction of sp³-hybridized carbons (Fsp3) is 0.267. The van der Waals surface area contributed by atoms with Crippen molar-refractivity contribution >= 4 is 45.3 Å². The predicted molar refractivity (Wildman–Crippen MR) is 168 cm³/mol. The maximum atomic E-state index is 4.54. The molecule has 0 saturated carbocycles. The zero-order valence-corrected chi connectivity index (χ0v) is 26.3. The number of nitrogens with one attached hydrogen (secondary N) is 2. The molecule has 196 valence electrons. The van der Waals surface area contributed by atoms with Crippen LogP contribution >= 0.6 is 45.3 Å². The smallest absolute Gasteiger partial charge is 0.0972 e. The third kappa shape index (κ3) is 5.23. The summed E-state index contributed by atoms with van der Waals surface area (Å²) in [5, 5.41) is 0. The van der Waals surface area contributed by atoms with Crippen LogP contribution in [0.2, 0.25) is 0 Å². The summed E-state index contributed by atoms with van der Waals surface area (Å²) in [5.41, 5.74) is 9.48. The summed E-state index contributed by atoms with van der Waals surface area (Å²) in [6, 6.07) is 8.94. The largest absolute Gasteiger partial charge is 0.344 e. The van der Waals surface area contributed by atoms with E-state index in [0.717, 1.165) is 22.8 Å². The van der Waals surface area contributed by atoms with Gasteiger partial charge in [0.1, 0.15) is 0 Å². The maximum Gasteiger partial charge on any atom is 0.0972 e. The zero-order chi connectivity index (χ0) is 27.1. The normalized spacial score (nSPS) is 11.2. The van der Waals surface area contributed by atoms with Crippen LogP contribution in [0.1, 0.15) is 39.0 Å². The van der Waals surface area contributed by atoms with Gasteiger partial charge in [-0.25, -0.2) is 9.97 Å². The van der Waals surface area contributed by atoms with Crippen LogP contribution < -0.4 is 0 Å². The Kier molecular flexibility index (Phi) is 7.60. The number of nitrogens with zero attached hydrogens (tertiary/aromatic N) is 2. The molecule has 2 N–H and O–H groups in total. The Morgan fingerprint density at radius 1 is 0.447 bits per heavy atom. The molecule has 0 aliphatic heterocycles. The van der Waals surface area contributed by atoms with Gasteiger partial charge in [0.25, 0.3) is 0 Å². The molecule has 0 radical (unpaired) electrons. The van der Waals surface area contributed by atoms with Gasteiger partial charge in [-0.2, -0.15) is 0 Å². The minimum absolute atomic E-state index is 1.07. The minimum atomic E-state index is 1.07. The molecule has 0 saturated heterocycles. The van der Waals surface area contributed by atoms with Gasteiger partial charge in [-0.05, 0) is 79.7 Å². The Morgan fingerprint density at radius 2 is 0.737 bits per heavy atom. The van der Waals surface area contributed by atoms with Crippen molar-refractivity contribution in [1.29, 1.82) is 0 Å². The number of thiophene rings is 4. The van der Waals surface area contributed by atoms with Crippen LogP contribution in [-0.4, -0.2) is 19.9 Å². The van der Waals surface area contributed by atoms with Crippen molar-refractivity contribution in [3.05, 3.63) is 75.9 Å². The standard InChI is InChI=1S/2C15H16N2S2/c2*1-8-5-12(10(3)18-8)14-15(17-7-16-14)13-6-9(2)19-11(13)4/h2*5-7H,1-4H3,(H,16,17). The fourth-order valence-electron chi connectivity index (χ4n) is 4.90. The average molecular weight is 577 g/mol. The zero-order valence-electron chi connectivity index (χ0n) is 23.0. The van der Waals surface area contributed by atoms with Crippen molar-refractivity contribution in [3.8, 4) is 45.0 Å². The van der Waals surface area contributed by atoms with Gasteiger partial charge in [-0.1, -0.05) is 0 Å². The molecule has 6 heterocycles. The van der Waals surface area contributed by atoms with Crippen molar-refractivity contribution in [2.75, 3.05) is 0 Å². The number of rotatable bonds is 4. The molecule has 0 spiro atoms. The van der Waals surface area contributed by atoms with Crippen LogP contribution in [0.5, 0.6) is 0 Å². The first-order chi connectivity index (χ1) is 18.1. The molecule has 0 aliphatic rings. The second kappa shape index (κ2) is 10.8. The number of aryl methyl sites for hydroxylation is 8. The van der Waals surface area contributed by atoms with Crippen molar-refractivity contribution in [1.82, 2.24) is 19.9 Å². The van der Waals surface area contributed by atoms with E-state index in [4.69, 9.17) is 0 Å². The molecule has 0 atom stereocenters. The summed E-state index contributed by atoms with van der Waals surface area (Å²) in [4.78, 5) is 26.4. The van der Waals surface area contributed by atoms with E-state index < -0.39 is 0 Å². The third-order valence-electron chi connectivity index (χ3n) is 6.49. The summed E-state index contributed by atoms with van der Waals surface area (Å²) >= 11 is 7.33. The van der Waals surface area contributed by atoms with E-state index in [9.17, 15) is 0 Å². The quantitative estimate of drug-likeness (QED) is 0.219. The lowest BCUT2D eigenvalue weighted by atomic mass is 10.1. The molecule has 8 heteroatoms. The number of imidazole rings is 2. The number of aromatic amines is 2. The van der Waals surface area contributed by atoms with Crippen molar-refractivity contribution in [2.45, 2.75) is 55.4 Å².